The molecule has 0 bridgehead atoms. The number of carbonyl (C=O) groups excluding carboxylic acids is 1. The molecule has 152 valence electrons. The number of anilines is 2. The van der Waals surface area contributed by atoms with Crippen LogP contribution < -0.4 is 5.32 Å². The van der Waals surface area contributed by atoms with E-state index in [4.69, 9.17) is 0 Å². The summed E-state index contributed by atoms with van der Waals surface area (Å²) in [4.78, 5) is 27.6. The Morgan fingerprint density at radius 2 is 1.93 bits per heavy atom. The van der Waals surface area contributed by atoms with E-state index in [2.05, 4.69) is 20.3 Å². The molecule has 0 radical (unpaired) electrons. The lowest BCUT2D eigenvalue weighted by Crippen LogP contribution is -2.39. The van der Waals surface area contributed by atoms with Gasteiger partial charge in [0.2, 0.25) is 5.91 Å². The molecule has 30 heavy (non-hydrogen) atoms. The SMILES string of the molecule is O=C(/C=C/c1ccccc1)N1CCC[C@H](Cc2cc(Nc3ccccn3)ncn2)C1. The van der Waals surface area contributed by atoms with E-state index in [1.165, 1.54) is 0 Å². The van der Waals surface area contributed by atoms with Crippen LogP contribution in [0.5, 0.6) is 0 Å². The molecule has 0 unspecified atom stereocenters. The van der Waals surface area contributed by atoms with Crippen LogP contribution in [0.3, 0.4) is 0 Å². The number of likely N-dealkylation sites (tertiary alicyclic amines) is 1. The predicted octanol–water partition coefficient (Wildman–Crippen LogP) is 4.11. The lowest BCUT2D eigenvalue weighted by atomic mass is 9.93. The number of pyridine rings is 1. The number of aromatic nitrogens is 3. The number of rotatable bonds is 6. The van der Waals surface area contributed by atoms with Gasteiger partial charge in [-0.1, -0.05) is 36.4 Å². The Bertz CT molecular complexity index is 991. The molecular formula is C24H25N5O. The monoisotopic (exact) mass is 399 g/mol. The van der Waals surface area contributed by atoms with Gasteiger partial charge in [-0.3, -0.25) is 4.79 Å². The largest absolute Gasteiger partial charge is 0.339 e. The molecule has 1 aliphatic heterocycles. The van der Waals surface area contributed by atoms with Gasteiger partial charge in [-0.25, -0.2) is 15.0 Å². The maximum absolute atomic E-state index is 12.6. The number of hydrogen-bond donors (Lipinski definition) is 1. The lowest BCUT2D eigenvalue weighted by Gasteiger charge is -2.32. The van der Waals surface area contributed by atoms with Gasteiger partial charge in [0, 0.05) is 37.1 Å². The van der Waals surface area contributed by atoms with Crippen molar-refractivity contribution in [3.63, 3.8) is 0 Å². The number of benzene rings is 1. The molecule has 1 aromatic carbocycles. The van der Waals surface area contributed by atoms with E-state index in [0.29, 0.717) is 5.92 Å². The second-order valence-corrected chi connectivity index (χ2v) is 7.48. The van der Waals surface area contributed by atoms with Crippen molar-refractivity contribution in [2.75, 3.05) is 18.4 Å². The van der Waals surface area contributed by atoms with Crippen molar-refractivity contribution in [3.8, 4) is 0 Å². The van der Waals surface area contributed by atoms with Gasteiger partial charge in [-0.2, -0.15) is 0 Å². The number of nitrogens with one attached hydrogen (secondary N) is 1. The van der Waals surface area contributed by atoms with Gasteiger partial charge in [0.15, 0.2) is 0 Å². The Balaban J connectivity index is 1.35. The Labute approximate surface area is 176 Å². The lowest BCUT2D eigenvalue weighted by molar-refractivity contribution is -0.127. The smallest absolute Gasteiger partial charge is 0.246 e. The van der Waals surface area contributed by atoms with E-state index in [-0.39, 0.29) is 5.91 Å². The number of amides is 1. The second-order valence-electron chi connectivity index (χ2n) is 7.48. The van der Waals surface area contributed by atoms with Crippen molar-refractivity contribution >= 4 is 23.6 Å². The molecule has 2 aromatic heterocycles. The van der Waals surface area contributed by atoms with E-state index >= 15 is 0 Å². The van der Waals surface area contributed by atoms with Gasteiger partial charge >= 0.3 is 0 Å². The Kier molecular flexibility index (Phi) is 6.44. The van der Waals surface area contributed by atoms with Crippen LogP contribution in [0.1, 0.15) is 24.1 Å². The van der Waals surface area contributed by atoms with Crippen LogP contribution in [0, 0.1) is 5.92 Å². The van der Waals surface area contributed by atoms with Crippen LogP contribution in [-0.2, 0) is 11.2 Å². The van der Waals surface area contributed by atoms with Crippen LogP contribution in [0.4, 0.5) is 11.6 Å². The molecule has 0 spiro atoms. The summed E-state index contributed by atoms with van der Waals surface area (Å²) in [6, 6.07) is 17.6. The Morgan fingerprint density at radius 3 is 2.77 bits per heavy atom. The Morgan fingerprint density at radius 1 is 1.07 bits per heavy atom. The molecule has 0 saturated carbocycles. The maximum atomic E-state index is 12.6. The van der Waals surface area contributed by atoms with Crippen molar-refractivity contribution in [1.82, 2.24) is 19.9 Å². The molecule has 6 nitrogen and oxygen atoms in total. The molecule has 0 aliphatic carbocycles. The zero-order chi connectivity index (χ0) is 20.6. The van der Waals surface area contributed by atoms with Gasteiger partial charge in [0.1, 0.15) is 18.0 Å². The molecule has 3 aromatic rings. The normalized spacial score (nSPS) is 16.5. The summed E-state index contributed by atoms with van der Waals surface area (Å²) in [7, 11) is 0. The van der Waals surface area contributed by atoms with Crippen LogP contribution in [0.2, 0.25) is 0 Å². The summed E-state index contributed by atoms with van der Waals surface area (Å²) >= 11 is 0. The van der Waals surface area contributed by atoms with E-state index < -0.39 is 0 Å². The van der Waals surface area contributed by atoms with Gasteiger partial charge in [0.25, 0.3) is 0 Å². The maximum Gasteiger partial charge on any atom is 0.246 e. The van der Waals surface area contributed by atoms with Gasteiger partial charge in [-0.15, -0.1) is 0 Å². The number of hydrogen-bond acceptors (Lipinski definition) is 5. The third-order valence-electron chi connectivity index (χ3n) is 5.19. The molecule has 1 N–H and O–H groups in total. The first-order valence-electron chi connectivity index (χ1n) is 10.3. The van der Waals surface area contributed by atoms with Crippen LogP contribution in [-0.4, -0.2) is 38.8 Å². The van der Waals surface area contributed by atoms with Crippen molar-refractivity contribution < 1.29 is 4.79 Å². The molecule has 1 atom stereocenters. The average molecular weight is 399 g/mol. The van der Waals surface area contributed by atoms with Crippen molar-refractivity contribution in [3.05, 3.63) is 84.5 Å². The van der Waals surface area contributed by atoms with Crippen LogP contribution in [0.25, 0.3) is 6.08 Å². The summed E-state index contributed by atoms with van der Waals surface area (Å²) in [6.07, 6.45) is 9.81. The molecule has 1 amide bonds. The van der Waals surface area contributed by atoms with E-state index in [1.54, 1.807) is 18.6 Å². The van der Waals surface area contributed by atoms with Crippen molar-refractivity contribution in [1.29, 1.82) is 0 Å². The van der Waals surface area contributed by atoms with Gasteiger partial charge < -0.3 is 10.2 Å². The van der Waals surface area contributed by atoms with E-state index in [1.807, 2.05) is 65.6 Å². The standard InChI is InChI=1S/C24H25N5O/c30-24(12-11-19-7-2-1-3-8-19)29-14-6-9-20(17-29)15-21-16-23(27-18-26-21)28-22-10-4-5-13-25-22/h1-5,7-8,10-13,16,18,20H,6,9,14-15,17H2,(H,25,26,27,28)/b12-11+/t20-/m1/s1. The third kappa shape index (κ3) is 5.50. The van der Waals surface area contributed by atoms with Gasteiger partial charge in [-0.05, 0) is 49.0 Å². The van der Waals surface area contributed by atoms with Crippen LogP contribution >= 0.6 is 0 Å². The van der Waals surface area contributed by atoms with Crippen molar-refractivity contribution in [2.24, 2.45) is 5.92 Å². The zero-order valence-electron chi connectivity index (χ0n) is 16.8. The highest BCUT2D eigenvalue weighted by atomic mass is 16.2. The van der Waals surface area contributed by atoms with Crippen LogP contribution in [0.15, 0.2) is 73.2 Å². The molecule has 1 fully saturated rings. The summed E-state index contributed by atoms with van der Waals surface area (Å²) in [5.41, 5.74) is 2.01. The summed E-state index contributed by atoms with van der Waals surface area (Å²) < 4.78 is 0. The molecular weight excluding hydrogens is 374 g/mol. The third-order valence-corrected chi connectivity index (χ3v) is 5.19. The number of nitrogens with zero attached hydrogens (tertiary/aromatic N) is 4. The minimum atomic E-state index is 0.0729. The topological polar surface area (TPSA) is 71.0 Å². The summed E-state index contributed by atoms with van der Waals surface area (Å²) in [5, 5.41) is 3.20. The second kappa shape index (κ2) is 9.78. The highest BCUT2D eigenvalue weighted by Crippen LogP contribution is 2.22. The first-order valence-corrected chi connectivity index (χ1v) is 10.3. The molecule has 1 aliphatic rings. The zero-order valence-corrected chi connectivity index (χ0v) is 16.8. The first-order chi connectivity index (χ1) is 14.8. The number of piperidine rings is 1. The minimum Gasteiger partial charge on any atom is -0.339 e. The van der Waals surface area contributed by atoms with E-state index in [9.17, 15) is 4.79 Å². The minimum absolute atomic E-state index is 0.0729. The summed E-state index contributed by atoms with van der Waals surface area (Å²) in [5.74, 6) is 1.95. The van der Waals surface area contributed by atoms with E-state index in [0.717, 1.165) is 55.2 Å². The summed E-state index contributed by atoms with van der Waals surface area (Å²) in [6.45, 7) is 1.57. The first kappa shape index (κ1) is 19.8. The Hall–Kier alpha value is -3.54. The average Bonchev–Trinajstić information content (AvgIpc) is 2.79. The highest BCUT2D eigenvalue weighted by Gasteiger charge is 2.23. The molecule has 1 saturated heterocycles. The van der Waals surface area contributed by atoms with Crippen molar-refractivity contribution in [2.45, 2.75) is 19.3 Å². The molecule has 3 heterocycles. The fourth-order valence-corrected chi connectivity index (χ4v) is 3.71. The highest BCUT2D eigenvalue weighted by molar-refractivity contribution is 5.91. The molecule has 6 heteroatoms. The fourth-order valence-electron chi connectivity index (χ4n) is 3.71. The fraction of sp³-hybridized carbons (Fsp3) is 0.250. The molecule has 4 rings (SSSR count). The quantitative estimate of drug-likeness (QED) is 0.632. The predicted molar refractivity (Wildman–Crippen MR) is 118 cm³/mol. The van der Waals surface area contributed by atoms with Gasteiger partial charge in [0.05, 0.1) is 0 Å². The number of carbonyl (C=O) groups is 1.